The Morgan fingerprint density at radius 3 is 2.46 bits per heavy atom. The van der Waals surface area contributed by atoms with Gasteiger partial charge in [-0.15, -0.1) is 0 Å². The highest BCUT2D eigenvalue weighted by molar-refractivity contribution is 6.04. The van der Waals surface area contributed by atoms with Crippen molar-refractivity contribution in [1.82, 2.24) is 9.97 Å². The first-order chi connectivity index (χ1) is 13.6. The highest BCUT2D eigenvalue weighted by atomic mass is 16.5. The highest BCUT2D eigenvalue weighted by Crippen LogP contribution is 2.24. The van der Waals surface area contributed by atoms with Crippen LogP contribution in [0.1, 0.15) is 24.2 Å². The summed E-state index contributed by atoms with van der Waals surface area (Å²) in [6.45, 7) is 3.92. The number of hydrogen-bond donors (Lipinski definition) is 1. The van der Waals surface area contributed by atoms with Crippen LogP contribution in [0.5, 0.6) is 5.75 Å². The van der Waals surface area contributed by atoms with Gasteiger partial charge in [0.15, 0.2) is 11.2 Å². The van der Waals surface area contributed by atoms with Gasteiger partial charge in [-0.1, -0.05) is 0 Å². The Morgan fingerprint density at radius 2 is 1.79 bits per heavy atom. The number of ether oxygens (including phenoxy) is 1. The van der Waals surface area contributed by atoms with Gasteiger partial charge in [-0.3, -0.25) is 4.79 Å². The molecule has 0 spiro atoms. The average molecular weight is 373 g/mol. The van der Waals surface area contributed by atoms with Crippen LogP contribution in [0.15, 0.2) is 71.3 Å². The third kappa shape index (κ3) is 3.86. The summed E-state index contributed by atoms with van der Waals surface area (Å²) in [7, 11) is 0. The standard InChI is InChI=1S/C22H19N3O3/c1-14(2)27-18-11-7-15(8-12-18)21(26)24-17-9-5-16(6-10-17)22-25-20-19(28-22)4-3-13-23-20/h3-14H,1-2H3,(H,24,26). The molecule has 0 aliphatic rings. The maximum Gasteiger partial charge on any atom is 0.255 e. The predicted octanol–water partition coefficient (Wildman–Crippen LogP) is 4.93. The van der Waals surface area contributed by atoms with E-state index >= 15 is 0 Å². The molecule has 0 fully saturated rings. The Bertz CT molecular complexity index is 1070. The van der Waals surface area contributed by atoms with E-state index in [0.717, 1.165) is 11.3 Å². The molecule has 2 heterocycles. The first-order valence-electron chi connectivity index (χ1n) is 8.98. The van der Waals surface area contributed by atoms with E-state index in [1.165, 1.54) is 0 Å². The molecule has 28 heavy (non-hydrogen) atoms. The van der Waals surface area contributed by atoms with Crippen LogP contribution in [0.2, 0.25) is 0 Å². The minimum absolute atomic E-state index is 0.0928. The van der Waals surface area contributed by atoms with Crippen molar-refractivity contribution in [2.24, 2.45) is 0 Å². The minimum Gasteiger partial charge on any atom is -0.491 e. The number of benzene rings is 2. The maximum absolute atomic E-state index is 12.4. The van der Waals surface area contributed by atoms with Gasteiger partial charge in [0, 0.05) is 23.0 Å². The highest BCUT2D eigenvalue weighted by Gasteiger charge is 2.10. The minimum atomic E-state index is -0.185. The Labute approximate surface area is 162 Å². The molecule has 0 saturated carbocycles. The Morgan fingerprint density at radius 1 is 1.04 bits per heavy atom. The molecule has 2 aromatic carbocycles. The smallest absolute Gasteiger partial charge is 0.255 e. The van der Waals surface area contributed by atoms with Crippen molar-refractivity contribution in [2.75, 3.05) is 5.32 Å². The zero-order valence-electron chi connectivity index (χ0n) is 15.5. The molecule has 4 aromatic rings. The van der Waals surface area contributed by atoms with Crippen molar-refractivity contribution in [3.05, 3.63) is 72.4 Å². The van der Waals surface area contributed by atoms with E-state index < -0.39 is 0 Å². The van der Waals surface area contributed by atoms with E-state index in [2.05, 4.69) is 15.3 Å². The van der Waals surface area contributed by atoms with E-state index in [1.54, 1.807) is 36.5 Å². The summed E-state index contributed by atoms with van der Waals surface area (Å²) in [5.41, 5.74) is 3.27. The van der Waals surface area contributed by atoms with E-state index in [1.807, 2.05) is 44.2 Å². The second kappa shape index (κ2) is 7.52. The van der Waals surface area contributed by atoms with E-state index in [4.69, 9.17) is 9.15 Å². The quantitative estimate of drug-likeness (QED) is 0.537. The SMILES string of the molecule is CC(C)Oc1ccc(C(=O)Nc2ccc(-c3nc4ncccc4o3)cc2)cc1. The number of carbonyl (C=O) groups is 1. The lowest BCUT2D eigenvalue weighted by Gasteiger charge is -2.10. The van der Waals surface area contributed by atoms with Crippen molar-refractivity contribution in [3.8, 4) is 17.2 Å². The van der Waals surface area contributed by atoms with Crippen molar-refractivity contribution in [3.63, 3.8) is 0 Å². The van der Waals surface area contributed by atoms with Gasteiger partial charge >= 0.3 is 0 Å². The molecule has 0 aliphatic heterocycles. The van der Waals surface area contributed by atoms with Crippen molar-refractivity contribution in [2.45, 2.75) is 20.0 Å². The van der Waals surface area contributed by atoms with Crippen LogP contribution >= 0.6 is 0 Å². The van der Waals surface area contributed by atoms with Crippen LogP contribution in [-0.2, 0) is 0 Å². The summed E-state index contributed by atoms with van der Waals surface area (Å²) < 4.78 is 11.3. The fourth-order valence-electron chi connectivity index (χ4n) is 2.75. The molecule has 0 aliphatic carbocycles. The second-order valence-electron chi connectivity index (χ2n) is 6.57. The van der Waals surface area contributed by atoms with Gasteiger partial charge in [0.25, 0.3) is 5.91 Å². The van der Waals surface area contributed by atoms with Crippen LogP contribution in [0.3, 0.4) is 0 Å². The second-order valence-corrected chi connectivity index (χ2v) is 6.57. The summed E-state index contributed by atoms with van der Waals surface area (Å²) in [6, 6.07) is 18.0. The largest absolute Gasteiger partial charge is 0.491 e. The van der Waals surface area contributed by atoms with Crippen LogP contribution in [0.4, 0.5) is 5.69 Å². The number of amides is 1. The van der Waals surface area contributed by atoms with Gasteiger partial charge in [-0.25, -0.2) is 4.98 Å². The molecule has 0 unspecified atom stereocenters. The van der Waals surface area contributed by atoms with Crippen LogP contribution < -0.4 is 10.1 Å². The van der Waals surface area contributed by atoms with Crippen LogP contribution in [0, 0.1) is 0 Å². The third-order valence-corrected chi connectivity index (χ3v) is 4.04. The molecule has 1 amide bonds. The lowest BCUT2D eigenvalue weighted by Crippen LogP contribution is -2.12. The molecule has 140 valence electrons. The molecule has 0 atom stereocenters. The van der Waals surface area contributed by atoms with Crippen molar-refractivity contribution < 1.29 is 13.9 Å². The van der Waals surface area contributed by atoms with Gasteiger partial charge in [0.1, 0.15) is 5.75 Å². The Kier molecular flexibility index (Phi) is 4.76. The van der Waals surface area contributed by atoms with Gasteiger partial charge in [0.05, 0.1) is 6.10 Å². The summed E-state index contributed by atoms with van der Waals surface area (Å²) in [5.74, 6) is 1.05. The van der Waals surface area contributed by atoms with Crippen LogP contribution in [0.25, 0.3) is 22.7 Å². The molecule has 1 N–H and O–H groups in total. The van der Waals surface area contributed by atoms with Crippen molar-refractivity contribution in [1.29, 1.82) is 0 Å². The third-order valence-electron chi connectivity index (χ3n) is 4.04. The molecular weight excluding hydrogens is 354 g/mol. The summed E-state index contributed by atoms with van der Waals surface area (Å²) in [4.78, 5) is 21.0. The first kappa shape index (κ1) is 17.7. The fraction of sp³-hybridized carbons (Fsp3) is 0.136. The number of anilines is 1. The number of rotatable bonds is 5. The fourth-order valence-corrected chi connectivity index (χ4v) is 2.75. The molecule has 0 radical (unpaired) electrons. The molecule has 2 aromatic heterocycles. The molecule has 0 saturated heterocycles. The zero-order valence-corrected chi connectivity index (χ0v) is 15.5. The van der Waals surface area contributed by atoms with Gasteiger partial charge in [0.2, 0.25) is 5.89 Å². The number of hydrogen-bond acceptors (Lipinski definition) is 5. The number of pyridine rings is 1. The first-order valence-corrected chi connectivity index (χ1v) is 8.98. The Hall–Kier alpha value is -3.67. The van der Waals surface area contributed by atoms with E-state index in [9.17, 15) is 4.79 Å². The van der Waals surface area contributed by atoms with Crippen LogP contribution in [-0.4, -0.2) is 22.0 Å². The lowest BCUT2D eigenvalue weighted by molar-refractivity contribution is 0.102. The monoisotopic (exact) mass is 373 g/mol. The Balaban J connectivity index is 1.46. The molecule has 6 nitrogen and oxygen atoms in total. The molecular formula is C22H19N3O3. The number of aromatic nitrogens is 2. The predicted molar refractivity (Wildman–Crippen MR) is 107 cm³/mol. The van der Waals surface area contributed by atoms with Gasteiger partial charge in [-0.2, -0.15) is 4.98 Å². The van der Waals surface area contributed by atoms with E-state index in [-0.39, 0.29) is 12.0 Å². The zero-order chi connectivity index (χ0) is 19.5. The molecule has 4 rings (SSSR count). The number of oxazole rings is 1. The number of carbonyl (C=O) groups excluding carboxylic acids is 1. The summed E-state index contributed by atoms with van der Waals surface area (Å²) >= 11 is 0. The lowest BCUT2D eigenvalue weighted by atomic mass is 10.1. The summed E-state index contributed by atoms with van der Waals surface area (Å²) in [6.07, 6.45) is 1.77. The molecule has 6 heteroatoms. The van der Waals surface area contributed by atoms with Crippen molar-refractivity contribution >= 4 is 22.8 Å². The number of nitrogens with zero attached hydrogens (tertiary/aromatic N) is 2. The van der Waals surface area contributed by atoms with Gasteiger partial charge in [-0.05, 0) is 74.5 Å². The maximum atomic E-state index is 12.4. The normalized spacial score (nSPS) is 11.0. The topological polar surface area (TPSA) is 77.2 Å². The van der Waals surface area contributed by atoms with Gasteiger partial charge < -0.3 is 14.5 Å². The summed E-state index contributed by atoms with van der Waals surface area (Å²) in [5, 5.41) is 2.88. The number of fused-ring (bicyclic) bond motifs is 1. The molecule has 0 bridgehead atoms. The van der Waals surface area contributed by atoms with E-state index in [0.29, 0.717) is 28.4 Å². The number of nitrogens with one attached hydrogen (secondary N) is 1. The average Bonchev–Trinajstić information content (AvgIpc) is 3.13.